The topological polar surface area (TPSA) is 44.1 Å². The Hall–Kier alpha value is -1.82. The van der Waals surface area contributed by atoms with Crippen molar-refractivity contribution >= 4 is 5.91 Å². The van der Waals surface area contributed by atoms with Crippen LogP contribution in [0.2, 0.25) is 0 Å². The van der Waals surface area contributed by atoms with E-state index in [1.54, 1.807) is 18.9 Å². The zero-order valence-corrected chi connectivity index (χ0v) is 9.90. The quantitative estimate of drug-likeness (QED) is 0.776. The number of carbonyl (C=O) groups excluding carboxylic acids is 1. The summed E-state index contributed by atoms with van der Waals surface area (Å²) in [6, 6.07) is 9.89. The molecule has 16 heavy (non-hydrogen) atoms. The number of rotatable bonds is 3. The smallest absolute Gasteiger partial charge is 0.239 e. The molecule has 0 spiro atoms. The summed E-state index contributed by atoms with van der Waals surface area (Å²) >= 11 is 0. The largest absolute Gasteiger partial charge is 0.340 e. The Labute approximate surface area is 96.3 Å². The molecule has 0 bridgehead atoms. The average molecular weight is 216 g/mol. The lowest BCUT2D eigenvalue weighted by atomic mass is 10.1. The van der Waals surface area contributed by atoms with Crippen LogP contribution in [-0.4, -0.2) is 17.9 Å². The molecule has 0 aromatic heterocycles. The molecule has 0 radical (unpaired) electrons. The van der Waals surface area contributed by atoms with Crippen molar-refractivity contribution in [2.45, 2.75) is 20.4 Å². The monoisotopic (exact) mass is 216 g/mol. The zero-order valence-electron chi connectivity index (χ0n) is 9.90. The second-order valence-electron chi connectivity index (χ2n) is 3.97. The summed E-state index contributed by atoms with van der Waals surface area (Å²) in [6.07, 6.45) is 0. The molecular formula is C13H16N2O. The van der Waals surface area contributed by atoms with Gasteiger partial charge >= 0.3 is 0 Å². The predicted octanol–water partition coefficient (Wildman–Crippen LogP) is 2.11. The van der Waals surface area contributed by atoms with E-state index in [0.29, 0.717) is 6.54 Å². The number of nitrogens with zero attached hydrogens (tertiary/aromatic N) is 2. The Kier molecular flexibility index (Phi) is 4.07. The fraction of sp³-hybridized carbons (Fsp3) is 0.385. The van der Waals surface area contributed by atoms with Crippen LogP contribution < -0.4 is 0 Å². The molecule has 0 aliphatic rings. The summed E-state index contributed by atoms with van der Waals surface area (Å²) < 4.78 is 0. The van der Waals surface area contributed by atoms with Crippen LogP contribution in [0.4, 0.5) is 0 Å². The van der Waals surface area contributed by atoms with Gasteiger partial charge in [0.25, 0.3) is 0 Å². The minimum atomic E-state index is -0.575. The average Bonchev–Trinajstić information content (AvgIpc) is 2.30. The van der Waals surface area contributed by atoms with Crippen LogP contribution in [0, 0.1) is 24.2 Å². The van der Waals surface area contributed by atoms with Crippen LogP contribution in [0.3, 0.4) is 0 Å². The fourth-order valence-electron chi connectivity index (χ4n) is 1.51. The molecule has 1 rings (SSSR count). The molecule has 84 valence electrons. The lowest BCUT2D eigenvalue weighted by Crippen LogP contribution is -2.30. The van der Waals surface area contributed by atoms with Crippen molar-refractivity contribution in [2.24, 2.45) is 5.92 Å². The Morgan fingerprint density at radius 1 is 1.50 bits per heavy atom. The lowest BCUT2D eigenvalue weighted by Gasteiger charge is -2.19. The van der Waals surface area contributed by atoms with Crippen LogP contribution in [0.5, 0.6) is 0 Å². The van der Waals surface area contributed by atoms with Gasteiger partial charge in [0.05, 0.1) is 6.07 Å². The second kappa shape index (κ2) is 5.32. The second-order valence-corrected chi connectivity index (χ2v) is 3.97. The van der Waals surface area contributed by atoms with Crippen LogP contribution in [0.1, 0.15) is 18.1 Å². The van der Waals surface area contributed by atoms with Crippen molar-refractivity contribution in [3.8, 4) is 6.07 Å². The van der Waals surface area contributed by atoms with Crippen molar-refractivity contribution in [3.05, 3.63) is 35.4 Å². The maximum atomic E-state index is 11.7. The van der Waals surface area contributed by atoms with Gasteiger partial charge in [-0.2, -0.15) is 5.26 Å². The third-order valence-corrected chi connectivity index (χ3v) is 2.61. The van der Waals surface area contributed by atoms with Gasteiger partial charge in [-0.1, -0.05) is 24.3 Å². The van der Waals surface area contributed by atoms with Gasteiger partial charge in [-0.25, -0.2) is 0 Å². The number of benzene rings is 1. The molecule has 3 heteroatoms. The number of amides is 1. The zero-order chi connectivity index (χ0) is 12.1. The molecule has 1 atom stereocenters. The number of hydrogen-bond donors (Lipinski definition) is 0. The van der Waals surface area contributed by atoms with Crippen molar-refractivity contribution in [3.63, 3.8) is 0 Å². The normalized spacial score (nSPS) is 11.6. The van der Waals surface area contributed by atoms with Crippen molar-refractivity contribution in [1.82, 2.24) is 4.90 Å². The summed E-state index contributed by atoms with van der Waals surface area (Å²) in [7, 11) is 1.72. The SMILES string of the molecule is Cc1ccccc1CN(C)C(=O)C(C)C#N. The van der Waals surface area contributed by atoms with Gasteiger partial charge in [-0.15, -0.1) is 0 Å². The van der Waals surface area contributed by atoms with Gasteiger partial charge < -0.3 is 4.90 Å². The minimum Gasteiger partial charge on any atom is -0.340 e. The van der Waals surface area contributed by atoms with E-state index in [4.69, 9.17) is 5.26 Å². The van der Waals surface area contributed by atoms with Crippen LogP contribution >= 0.6 is 0 Å². The molecule has 0 heterocycles. The van der Waals surface area contributed by atoms with E-state index < -0.39 is 5.92 Å². The standard InChI is InChI=1S/C13H16N2O/c1-10-6-4-5-7-12(10)9-15(3)13(16)11(2)8-14/h4-7,11H,9H2,1-3H3. The van der Waals surface area contributed by atoms with Gasteiger partial charge in [0.15, 0.2) is 0 Å². The molecular weight excluding hydrogens is 200 g/mol. The van der Waals surface area contributed by atoms with E-state index in [9.17, 15) is 4.79 Å². The third-order valence-electron chi connectivity index (χ3n) is 2.61. The molecule has 0 N–H and O–H groups in total. The molecule has 0 aliphatic heterocycles. The Morgan fingerprint density at radius 2 is 2.12 bits per heavy atom. The molecule has 0 aliphatic carbocycles. The van der Waals surface area contributed by atoms with Gasteiger partial charge in [-0.3, -0.25) is 4.79 Å². The molecule has 0 saturated heterocycles. The third kappa shape index (κ3) is 2.83. The Morgan fingerprint density at radius 3 is 2.69 bits per heavy atom. The van der Waals surface area contributed by atoms with E-state index in [1.807, 2.05) is 37.3 Å². The van der Waals surface area contributed by atoms with Crippen molar-refractivity contribution < 1.29 is 4.79 Å². The fourth-order valence-corrected chi connectivity index (χ4v) is 1.51. The highest BCUT2D eigenvalue weighted by Gasteiger charge is 2.16. The molecule has 3 nitrogen and oxygen atoms in total. The number of carbonyl (C=O) groups is 1. The summed E-state index contributed by atoms with van der Waals surface area (Å²) in [4.78, 5) is 13.3. The first-order chi connectivity index (χ1) is 7.56. The molecule has 1 aromatic rings. The number of aryl methyl sites for hydroxylation is 1. The van der Waals surface area contributed by atoms with Crippen LogP contribution in [0.15, 0.2) is 24.3 Å². The van der Waals surface area contributed by atoms with E-state index >= 15 is 0 Å². The number of nitriles is 1. The maximum absolute atomic E-state index is 11.7. The Balaban J connectivity index is 2.73. The molecule has 1 amide bonds. The first kappa shape index (κ1) is 12.3. The van der Waals surface area contributed by atoms with E-state index in [0.717, 1.165) is 11.1 Å². The maximum Gasteiger partial charge on any atom is 0.239 e. The molecule has 0 fully saturated rings. The van der Waals surface area contributed by atoms with Gasteiger partial charge in [0.1, 0.15) is 5.92 Å². The highest BCUT2D eigenvalue weighted by Crippen LogP contribution is 2.11. The van der Waals surface area contributed by atoms with E-state index in [2.05, 4.69) is 0 Å². The molecule has 1 aromatic carbocycles. The highest BCUT2D eigenvalue weighted by atomic mass is 16.2. The highest BCUT2D eigenvalue weighted by molar-refractivity contribution is 5.80. The van der Waals surface area contributed by atoms with Crippen molar-refractivity contribution in [2.75, 3.05) is 7.05 Å². The van der Waals surface area contributed by atoms with Crippen molar-refractivity contribution in [1.29, 1.82) is 5.26 Å². The molecule has 0 saturated carbocycles. The van der Waals surface area contributed by atoms with E-state index in [-0.39, 0.29) is 5.91 Å². The first-order valence-electron chi connectivity index (χ1n) is 5.25. The van der Waals surface area contributed by atoms with Gasteiger partial charge in [0.2, 0.25) is 5.91 Å². The number of hydrogen-bond acceptors (Lipinski definition) is 2. The van der Waals surface area contributed by atoms with Gasteiger partial charge in [-0.05, 0) is 25.0 Å². The summed E-state index contributed by atoms with van der Waals surface area (Å²) in [5.74, 6) is -0.709. The first-order valence-corrected chi connectivity index (χ1v) is 5.25. The predicted molar refractivity (Wildman–Crippen MR) is 62.4 cm³/mol. The Bertz CT molecular complexity index is 420. The lowest BCUT2D eigenvalue weighted by molar-refractivity contribution is -0.132. The molecule has 1 unspecified atom stereocenters. The van der Waals surface area contributed by atoms with Crippen LogP contribution in [0.25, 0.3) is 0 Å². The van der Waals surface area contributed by atoms with E-state index in [1.165, 1.54) is 0 Å². The van der Waals surface area contributed by atoms with Crippen LogP contribution in [-0.2, 0) is 11.3 Å². The minimum absolute atomic E-state index is 0.134. The summed E-state index contributed by atoms with van der Waals surface area (Å²) in [5.41, 5.74) is 2.27. The van der Waals surface area contributed by atoms with Gasteiger partial charge in [0, 0.05) is 13.6 Å². The summed E-state index contributed by atoms with van der Waals surface area (Å²) in [6.45, 7) is 4.19. The summed E-state index contributed by atoms with van der Waals surface area (Å²) in [5, 5.41) is 8.68.